The van der Waals surface area contributed by atoms with Crippen molar-refractivity contribution >= 4 is 55.9 Å². The zero-order valence-electron chi connectivity index (χ0n) is 13.5. The molecule has 0 aliphatic heterocycles. The molecule has 4 nitrogen and oxygen atoms in total. The highest BCUT2D eigenvalue weighted by Crippen LogP contribution is 2.30. The maximum absolute atomic E-state index is 13.3. The molecule has 0 bridgehead atoms. The van der Waals surface area contributed by atoms with Gasteiger partial charge in [0.25, 0.3) is 5.91 Å². The Labute approximate surface area is 162 Å². The van der Waals surface area contributed by atoms with Crippen molar-refractivity contribution in [1.82, 2.24) is 0 Å². The number of hydrogen-bond donors (Lipinski definition) is 1. The van der Waals surface area contributed by atoms with Crippen LogP contribution in [0.3, 0.4) is 0 Å². The zero-order valence-corrected chi connectivity index (χ0v) is 15.8. The summed E-state index contributed by atoms with van der Waals surface area (Å²) in [6.45, 7) is 0. The summed E-state index contributed by atoms with van der Waals surface area (Å²) >= 11 is 9.29. The van der Waals surface area contributed by atoms with Crippen LogP contribution in [-0.2, 0) is 4.74 Å². The number of methoxy groups -OCH3 is 1. The van der Waals surface area contributed by atoms with Gasteiger partial charge >= 0.3 is 5.97 Å². The van der Waals surface area contributed by atoms with Crippen LogP contribution >= 0.6 is 27.5 Å². The van der Waals surface area contributed by atoms with E-state index in [0.29, 0.717) is 20.4 Å². The lowest BCUT2D eigenvalue weighted by atomic mass is 10.1. The Morgan fingerprint density at radius 2 is 1.77 bits per heavy atom. The lowest BCUT2D eigenvalue weighted by Gasteiger charge is -2.12. The van der Waals surface area contributed by atoms with Crippen LogP contribution < -0.4 is 5.32 Å². The number of hydrogen-bond acceptors (Lipinski definition) is 3. The second-order valence-corrected chi connectivity index (χ2v) is 6.73. The molecule has 0 saturated heterocycles. The number of anilines is 1. The highest BCUT2D eigenvalue weighted by molar-refractivity contribution is 9.10. The van der Waals surface area contributed by atoms with Gasteiger partial charge in [0.15, 0.2) is 0 Å². The van der Waals surface area contributed by atoms with Crippen LogP contribution in [0.5, 0.6) is 0 Å². The third-order valence-electron chi connectivity index (χ3n) is 3.78. The predicted molar refractivity (Wildman–Crippen MR) is 102 cm³/mol. The Morgan fingerprint density at radius 3 is 2.50 bits per heavy atom. The highest BCUT2D eigenvalue weighted by atomic mass is 79.9. The van der Waals surface area contributed by atoms with E-state index >= 15 is 0 Å². The standard InChI is InChI=1S/C19H12BrClFNO3/c1-26-19(25)14-8-16(21)15(20)9-17(14)23-18(24)12-3-2-11-7-13(22)5-4-10(11)6-12/h2-9H,1H3,(H,23,24). The quantitative estimate of drug-likeness (QED) is 0.557. The fourth-order valence-electron chi connectivity index (χ4n) is 2.48. The number of rotatable bonds is 3. The van der Waals surface area contributed by atoms with Crippen LogP contribution in [0.1, 0.15) is 20.7 Å². The van der Waals surface area contributed by atoms with E-state index in [9.17, 15) is 14.0 Å². The Hall–Kier alpha value is -2.44. The van der Waals surface area contributed by atoms with Crippen molar-refractivity contribution in [3.8, 4) is 0 Å². The van der Waals surface area contributed by atoms with Gasteiger partial charge in [-0.05, 0) is 63.1 Å². The normalized spacial score (nSPS) is 10.6. The van der Waals surface area contributed by atoms with E-state index in [1.165, 1.54) is 31.4 Å². The average Bonchev–Trinajstić information content (AvgIpc) is 2.63. The molecule has 0 spiro atoms. The molecule has 3 aromatic rings. The molecule has 26 heavy (non-hydrogen) atoms. The van der Waals surface area contributed by atoms with E-state index in [1.54, 1.807) is 24.3 Å². The van der Waals surface area contributed by atoms with Crippen LogP contribution in [-0.4, -0.2) is 19.0 Å². The van der Waals surface area contributed by atoms with Crippen molar-refractivity contribution in [1.29, 1.82) is 0 Å². The molecule has 1 amide bonds. The summed E-state index contributed by atoms with van der Waals surface area (Å²) in [5.41, 5.74) is 0.764. The van der Waals surface area contributed by atoms with Crippen molar-refractivity contribution in [3.63, 3.8) is 0 Å². The van der Waals surface area contributed by atoms with Crippen LogP contribution in [0.15, 0.2) is 53.0 Å². The summed E-state index contributed by atoms with van der Waals surface area (Å²) < 4.78 is 18.5. The number of halogens is 3. The maximum atomic E-state index is 13.3. The molecule has 0 aromatic heterocycles. The summed E-state index contributed by atoms with van der Waals surface area (Å²) in [5, 5.41) is 4.41. The minimum atomic E-state index is -0.622. The predicted octanol–water partition coefficient (Wildman–Crippen LogP) is 5.43. The number of esters is 1. The average molecular weight is 437 g/mol. The minimum absolute atomic E-state index is 0.136. The Kier molecular flexibility index (Phi) is 5.25. The van der Waals surface area contributed by atoms with Gasteiger partial charge in [-0.3, -0.25) is 4.79 Å². The summed E-state index contributed by atoms with van der Waals surface area (Å²) in [4.78, 5) is 24.5. The van der Waals surface area contributed by atoms with Gasteiger partial charge in [0.05, 0.1) is 23.4 Å². The minimum Gasteiger partial charge on any atom is -0.465 e. The molecule has 0 heterocycles. The molecule has 3 rings (SSSR count). The highest BCUT2D eigenvalue weighted by Gasteiger charge is 2.17. The van der Waals surface area contributed by atoms with Crippen molar-refractivity contribution in [2.24, 2.45) is 0 Å². The second kappa shape index (κ2) is 7.43. The molecule has 132 valence electrons. The first kappa shape index (κ1) is 18.4. The monoisotopic (exact) mass is 435 g/mol. The van der Waals surface area contributed by atoms with Gasteiger partial charge in [0.1, 0.15) is 5.82 Å². The van der Waals surface area contributed by atoms with Crippen molar-refractivity contribution in [2.75, 3.05) is 12.4 Å². The molecular weight excluding hydrogens is 425 g/mol. The number of ether oxygens (including phenoxy) is 1. The zero-order chi connectivity index (χ0) is 18.8. The number of nitrogens with one attached hydrogen (secondary N) is 1. The molecule has 1 N–H and O–H groups in total. The summed E-state index contributed by atoms with van der Waals surface area (Å²) in [7, 11) is 1.24. The Morgan fingerprint density at radius 1 is 1.08 bits per heavy atom. The van der Waals surface area contributed by atoms with Gasteiger partial charge in [-0.1, -0.05) is 23.7 Å². The van der Waals surface area contributed by atoms with E-state index in [4.69, 9.17) is 16.3 Å². The number of benzene rings is 3. The fourth-order valence-corrected chi connectivity index (χ4v) is 2.99. The molecule has 3 aromatic carbocycles. The van der Waals surface area contributed by atoms with Crippen LogP contribution in [0.2, 0.25) is 5.02 Å². The Bertz CT molecular complexity index is 1040. The molecule has 0 aliphatic carbocycles. The smallest absolute Gasteiger partial charge is 0.340 e. The van der Waals surface area contributed by atoms with Gasteiger partial charge in [0, 0.05) is 10.0 Å². The largest absolute Gasteiger partial charge is 0.465 e. The number of carbonyl (C=O) groups excluding carboxylic acids is 2. The molecule has 0 atom stereocenters. The number of carbonyl (C=O) groups is 2. The van der Waals surface area contributed by atoms with Crippen LogP contribution in [0.4, 0.5) is 10.1 Å². The van der Waals surface area contributed by atoms with Crippen molar-refractivity contribution < 1.29 is 18.7 Å². The molecule has 7 heteroatoms. The van der Waals surface area contributed by atoms with E-state index in [0.717, 1.165) is 5.39 Å². The molecule has 0 radical (unpaired) electrons. The molecule has 0 unspecified atom stereocenters. The first-order valence-corrected chi connectivity index (χ1v) is 8.64. The molecule has 0 fully saturated rings. The van der Waals surface area contributed by atoms with Crippen LogP contribution in [0, 0.1) is 5.82 Å². The molecule has 0 aliphatic rings. The van der Waals surface area contributed by atoms with E-state index < -0.39 is 11.9 Å². The molecule has 0 saturated carbocycles. The summed E-state index contributed by atoms with van der Waals surface area (Å²) in [6, 6.07) is 12.1. The van der Waals surface area contributed by atoms with Gasteiger partial charge in [-0.2, -0.15) is 0 Å². The van der Waals surface area contributed by atoms with Gasteiger partial charge in [-0.15, -0.1) is 0 Å². The maximum Gasteiger partial charge on any atom is 0.340 e. The lowest BCUT2D eigenvalue weighted by molar-refractivity contribution is 0.0602. The van der Waals surface area contributed by atoms with Crippen LogP contribution in [0.25, 0.3) is 10.8 Å². The first-order valence-electron chi connectivity index (χ1n) is 7.47. The van der Waals surface area contributed by atoms with E-state index in [2.05, 4.69) is 21.2 Å². The van der Waals surface area contributed by atoms with E-state index in [1.807, 2.05) is 0 Å². The summed E-state index contributed by atoms with van der Waals surface area (Å²) in [5.74, 6) is -1.39. The van der Waals surface area contributed by atoms with Gasteiger partial charge in [0.2, 0.25) is 0 Å². The topological polar surface area (TPSA) is 55.4 Å². The Balaban J connectivity index is 1.96. The van der Waals surface area contributed by atoms with Gasteiger partial charge in [-0.25, -0.2) is 9.18 Å². The van der Waals surface area contributed by atoms with Crippen molar-refractivity contribution in [2.45, 2.75) is 0 Å². The third kappa shape index (κ3) is 3.71. The van der Waals surface area contributed by atoms with Crippen molar-refractivity contribution in [3.05, 3.63) is 75.0 Å². The number of fused-ring (bicyclic) bond motifs is 1. The summed E-state index contributed by atoms with van der Waals surface area (Å²) in [6.07, 6.45) is 0. The third-order valence-corrected chi connectivity index (χ3v) is 4.98. The first-order chi connectivity index (χ1) is 12.4. The fraction of sp³-hybridized carbons (Fsp3) is 0.0526. The molecular formula is C19H12BrClFNO3. The van der Waals surface area contributed by atoms with E-state index in [-0.39, 0.29) is 17.1 Å². The number of amides is 1. The lowest BCUT2D eigenvalue weighted by Crippen LogP contribution is -2.15. The second-order valence-electron chi connectivity index (χ2n) is 5.46. The SMILES string of the molecule is COC(=O)c1cc(Cl)c(Br)cc1NC(=O)c1ccc2cc(F)ccc2c1. The van der Waals surface area contributed by atoms with Gasteiger partial charge < -0.3 is 10.1 Å².